The molecule has 4 rings (SSSR count). The molecule has 0 radical (unpaired) electrons. The van der Waals surface area contributed by atoms with Crippen LogP contribution < -0.4 is 15.0 Å². The van der Waals surface area contributed by atoms with E-state index in [2.05, 4.69) is 71.2 Å². The SMILES string of the molecule is CCNc1ccc(C(c2ccc(C)c(CN3CCOc4cccnc4C3)c2)C(C)(C)C(=O)O)c(C)c1N(C)C. The minimum absolute atomic E-state index is 0.335. The van der Waals surface area contributed by atoms with Gasteiger partial charge in [0.15, 0.2) is 0 Å². The molecule has 0 fully saturated rings. The highest BCUT2D eigenvalue weighted by Crippen LogP contribution is 2.46. The number of aryl methyl sites for hydroxylation is 1. The number of fused-ring (bicyclic) bond motifs is 1. The normalized spacial score (nSPS) is 14.6. The van der Waals surface area contributed by atoms with Crippen molar-refractivity contribution in [3.05, 3.63) is 82.2 Å². The zero-order chi connectivity index (χ0) is 28.3. The Balaban J connectivity index is 1.78. The number of ether oxygens (including phenoxy) is 1. The number of hydrogen-bond donors (Lipinski definition) is 2. The quantitative estimate of drug-likeness (QED) is 0.360. The zero-order valence-corrected chi connectivity index (χ0v) is 24.3. The first kappa shape index (κ1) is 28.4. The lowest BCUT2D eigenvalue weighted by molar-refractivity contribution is -0.147. The summed E-state index contributed by atoms with van der Waals surface area (Å²) in [6.45, 7) is 13.6. The molecule has 7 heteroatoms. The molecule has 3 aromatic rings. The van der Waals surface area contributed by atoms with Gasteiger partial charge in [-0.3, -0.25) is 14.7 Å². The fourth-order valence-corrected chi connectivity index (χ4v) is 5.71. The minimum Gasteiger partial charge on any atom is -0.490 e. The smallest absolute Gasteiger partial charge is 0.310 e. The molecule has 39 heavy (non-hydrogen) atoms. The lowest BCUT2D eigenvalue weighted by Crippen LogP contribution is -2.33. The third-order valence-corrected chi connectivity index (χ3v) is 7.86. The molecule has 0 aliphatic carbocycles. The summed E-state index contributed by atoms with van der Waals surface area (Å²) in [5.74, 6) is -0.302. The van der Waals surface area contributed by atoms with Crippen molar-refractivity contribution in [3.8, 4) is 5.75 Å². The second kappa shape index (κ2) is 11.7. The van der Waals surface area contributed by atoms with Crippen LogP contribution in [0, 0.1) is 19.3 Å². The van der Waals surface area contributed by atoms with E-state index in [4.69, 9.17) is 4.74 Å². The Hall–Kier alpha value is -3.58. The van der Waals surface area contributed by atoms with E-state index in [1.165, 1.54) is 11.1 Å². The molecule has 2 heterocycles. The number of aliphatic carboxylic acids is 1. The van der Waals surface area contributed by atoms with Crippen LogP contribution in [0.3, 0.4) is 0 Å². The Kier molecular flexibility index (Phi) is 8.50. The van der Waals surface area contributed by atoms with Gasteiger partial charge in [0, 0.05) is 52.4 Å². The highest BCUT2D eigenvalue weighted by Gasteiger charge is 2.40. The summed E-state index contributed by atoms with van der Waals surface area (Å²) in [5, 5.41) is 13.9. The molecule has 0 saturated heterocycles. The zero-order valence-electron chi connectivity index (χ0n) is 24.3. The molecule has 0 amide bonds. The second-order valence-electron chi connectivity index (χ2n) is 11.3. The summed E-state index contributed by atoms with van der Waals surface area (Å²) in [6, 6.07) is 14.5. The van der Waals surface area contributed by atoms with Gasteiger partial charge in [-0.1, -0.05) is 24.3 Å². The van der Waals surface area contributed by atoms with Crippen molar-refractivity contribution < 1.29 is 14.6 Å². The summed E-state index contributed by atoms with van der Waals surface area (Å²) in [6.07, 6.45) is 1.81. The molecule has 1 atom stereocenters. The van der Waals surface area contributed by atoms with Crippen LogP contribution in [0.5, 0.6) is 5.75 Å². The van der Waals surface area contributed by atoms with Crippen LogP contribution in [0.15, 0.2) is 48.7 Å². The van der Waals surface area contributed by atoms with Crippen LogP contribution in [-0.2, 0) is 17.9 Å². The Morgan fingerprint density at radius 2 is 1.97 bits per heavy atom. The molecule has 2 N–H and O–H groups in total. The summed E-state index contributed by atoms with van der Waals surface area (Å²) in [5.41, 5.74) is 7.56. The molecule has 1 aliphatic rings. The third kappa shape index (κ3) is 5.88. The Bertz CT molecular complexity index is 1330. The van der Waals surface area contributed by atoms with Gasteiger partial charge >= 0.3 is 5.97 Å². The fraction of sp³-hybridized carbons (Fsp3) is 0.438. The molecule has 0 saturated carbocycles. The van der Waals surface area contributed by atoms with Gasteiger partial charge in [-0.15, -0.1) is 0 Å². The van der Waals surface area contributed by atoms with Gasteiger partial charge in [0.1, 0.15) is 12.4 Å². The topological polar surface area (TPSA) is 77.9 Å². The van der Waals surface area contributed by atoms with Gasteiger partial charge in [0.25, 0.3) is 0 Å². The van der Waals surface area contributed by atoms with Crippen molar-refractivity contribution in [2.45, 2.75) is 53.6 Å². The number of rotatable bonds is 9. The first-order chi connectivity index (χ1) is 18.5. The molecule has 0 spiro atoms. The largest absolute Gasteiger partial charge is 0.490 e. The summed E-state index contributed by atoms with van der Waals surface area (Å²) in [7, 11) is 4.07. The standard InChI is InChI=1S/C32H42N4O3/c1-8-33-26-14-13-25(22(3)30(26)35(6)7)29(32(4,5)31(37)38)23-12-11-21(2)24(18-23)19-36-16-17-39-28-10-9-15-34-27(28)20-36/h9-15,18,29,33H,8,16-17,19-20H2,1-7H3,(H,37,38). The van der Waals surface area contributed by atoms with E-state index in [0.29, 0.717) is 13.2 Å². The maximum atomic E-state index is 12.7. The van der Waals surface area contributed by atoms with Crippen molar-refractivity contribution >= 4 is 17.3 Å². The Morgan fingerprint density at radius 3 is 2.67 bits per heavy atom. The van der Waals surface area contributed by atoms with E-state index >= 15 is 0 Å². The van der Waals surface area contributed by atoms with E-state index in [-0.39, 0.29) is 5.92 Å². The summed E-state index contributed by atoms with van der Waals surface area (Å²) >= 11 is 0. The highest BCUT2D eigenvalue weighted by molar-refractivity contribution is 5.79. The van der Waals surface area contributed by atoms with E-state index in [1.54, 1.807) is 0 Å². The van der Waals surface area contributed by atoms with E-state index < -0.39 is 11.4 Å². The number of carboxylic acids is 1. The van der Waals surface area contributed by atoms with Gasteiger partial charge < -0.3 is 20.1 Å². The molecule has 1 unspecified atom stereocenters. The van der Waals surface area contributed by atoms with E-state index in [1.807, 2.05) is 46.3 Å². The Labute approximate surface area is 232 Å². The van der Waals surface area contributed by atoms with Crippen LogP contribution in [-0.4, -0.2) is 54.8 Å². The van der Waals surface area contributed by atoms with E-state index in [9.17, 15) is 9.90 Å². The molecule has 7 nitrogen and oxygen atoms in total. The van der Waals surface area contributed by atoms with Crippen LogP contribution >= 0.6 is 0 Å². The molecule has 208 valence electrons. The first-order valence-electron chi connectivity index (χ1n) is 13.7. The van der Waals surface area contributed by atoms with Crippen molar-refractivity contribution in [2.24, 2.45) is 5.41 Å². The molecule has 0 bridgehead atoms. The number of pyridine rings is 1. The number of carboxylic acid groups (broad SMARTS) is 1. The number of nitrogens with one attached hydrogen (secondary N) is 1. The third-order valence-electron chi connectivity index (χ3n) is 7.86. The summed E-state index contributed by atoms with van der Waals surface area (Å²) in [4.78, 5) is 21.7. The monoisotopic (exact) mass is 530 g/mol. The maximum Gasteiger partial charge on any atom is 0.310 e. The highest BCUT2D eigenvalue weighted by atomic mass is 16.5. The lowest BCUT2D eigenvalue weighted by atomic mass is 9.69. The van der Waals surface area contributed by atoms with Crippen LogP contribution in [0.4, 0.5) is 11.4 Å². The maximum absolute atomic E-state index is 12.7. The predicted octanol–water partition coefficient (Wildman–Crippen LogP) is 5.83. The number of aromatic nitrogens is 1. The van der Waals surface area contributed by atoms with Gasteiger partial charge in [0.2, 0.25) is 0 Å². The molecule has 1 aromatic heterocycles. The van der Waals surface area contributed by atoms with Crippen molar-refractivity contribution in [1.29, 1.82) is 0 Å². The van der Waals surface area contributed by atoms with Gasteiger partial charge in [-0.25, -0.2) is 0 Å². The molecule has 2 aromatic carbocycles. The first-order valence-corrected chi connectivity index (χ1v) is 13.7. The van der Waals surface area contributed by atoms with Gasteiger partial charge in [-0.05, 0) is 80.6 Å². The predicted molar refractivity (Wildman–Crippen MR) is 158 cm³/mol. The minimum atomic E-state index is -1.03. The van der Waals surface area contributed by atoms with E-state index in [0.717, 1.165) is 59.1 Å². The fourth-order valence-electron chi connectivity index (χ4n) is 5.71. The van der Waals surface area contributed by atoms with Crippen molar-refractivity contribution in [2.75, 3.05) is 44.0 Å². The number of nitrogens with zero attached hydrogens (tertiary/aromatic N) is 3. The summed E-state index contributed by atoms with van der Waals surface area (Å²) < 4.78 is 5.93. The number of anilines is 2. The van der Waals surface area contributed by atoms with Crippen LogP contribution in [0.25, 0.3) is 0 Å². The number of benzene rings is 2. The average molecular weight is 531 g/mol. The molecular formula is C32H42N4O3. The van der Waals surface area contributed by atoms with Crippen LogP contribution in [0.1, 0.15) is 60.2 Å². The van der Waals surface area contributed by atoms with Gasteiger partial charge in [-0.2, -0.15) is 0 Å². The Morgan fingerprint density at radius 1 is 1.21 bits per heavy atom. The van der Waals surface area contributed by atoms with Crippen molar-refractivity contribution in [1.82, 2.24) is 9.88 Å². The molecular weight excluding hydrogens is 488 g/mol. The van der Waals surface area contributed by atoms with Gasteiger partial charge in [0.05, 0.1) is 22.5 Å². The number of carbonyl (C=O) groups is 1. The second-order valence-corrected chi connectivity index (χ2v) is 11.3. The van der Waals surface area contributed by atoms with Crippen LogP contribution in [0.2, 0.25) is 0 Å². The molecule has 1 aliphatic heterocycles. The van der Waals surface area contributed by atoms with Crippen molar-refractivity contribution in [3.63, 3.8) is 0 Å². The lowest BCUT2D eigenvalue weighted by Gasteiger charge is -2.35. The number of hydrogen-bond acceptors (Lipinski definition) is 6. The average Bonchev–Trinajstić information content (AvgIpc) is 3.09.